The van der Waals surface area contributed by atoms with Gasteiger partial charge in [0.1, 0.15) is 18.1 Å². The number of phenols is 1. The molecule has 8 rings (SSSR count). The lowest BCUT2D eigenvalue weighted by atomic mass is 9.63. The van der Waals surface area contributed by atoms with Gasteiger partial charge in [0.25, 0.3) is 0 Å². The Labute approximate surface area is 457 Å². The van der Waals surface area contributed by atoms with Crippen LogP contribution >= 0.6 is 15.9 Å². The molecule has 2 N–H and O–H groups in total. The van der Waals surface area contributed by atoms with Crippen molar-refractivity contribution in [3.8, 4) is 11.5 Å². The molecule has 6 nitrogen and oxygen atoms in total. The van der Waals surface area contributed by atoms with Gasteiger partial charge in [-0.3, -0.25) is 9.59 Å². The number of hydrogen-bond acceptors (Lipinski definition) is 5. The SMILES string of the molecule is CC1(C)CCC(C)(C)c2cc(CBr)ccc21.CC1(C)CCC(C)(C)c2cc(COc3ccc([C@@H](/C=C/Cc4ccccc4)CC(=O)O)cc3)ccc21.CCOC(=O)C[C@H](/C=C/Cc1ccccc1)c1ccc(O)cc1. The quantitative estimate of drug-likeness (QED) is 0.0537. The van der Waals surface area contributed by atoms with Crippen LogP contribution in [0.1, 0.15) is 168 Å². The number of carboxylic acid groups (broad SMARTS) is 1. The maximum atomic E-state index is 11.8. The van der Waals surface area contributed by atoms with Crippen molar-refractivity contribution in [3.63, 3.8) is 0 Å². The Bertz CT molecular complexity index is 2820. The molecule has 0 radical (unpaired) electrons. The van der Waals surface area contributed by atoms with Gasteiger partial charge in [0.05, 0.1) is 19.4 Å². The first kappa shape index (κ1) is 58.1. The number of ether oxygens (including phenoxy) is 2. The monoisotopic (exact) mass is 1070 g/mol. The second-order valence-electron chi connectivity index (χ2n) is 22.9. The number of carbonyl (C=O) groups excluding carboxylic acids is 1. The van der Waals surface area contributed by atoms with E-state index in [0.717, 1.165) is 35.0 Å². The van der Waals surface area contributed by atoms with Gasteiger partial charge in [-0.2, -0.15) is 0 Å². The summed E-state index contributed by atoms with van der Waals surface area (Å²) < 4.78 is 11.2. The molecule has 7 heteroatoms. The Morgan fingerprint density at radius 2 is 0.973 bits per heavy atom. The number of allylic oxidation sites excluding steroid dienone is 4. The summed E-state index contributed by atoms with van der Waals surface area (Å²) in [6, 6.07) is 49.0. The van der Waals surface area contributed by atoms with Crippen molar-refractivity contribution < 1.29 is 29.3 Å². The van der Waals surface area contributed by atoms with Gasteiger partial charge in [0.2, 0.25) is 0 Å². The largest absolute Gasteiger partial charge is 0.508 e. The lowest BCUT2D eigenvalue weighted by Crippen LogP contribution is -2.33. The molecule has 2 aliphatic rings. The van der Waals surface area contributed by atoms with Crippen LogP contribution in [0.4, 0.5) is 0 Å². The molecule has 6 aromatic carbocycles. The van der Waals surface area contributed by atoms with Crippen LogP contribution in [-0.2, 0) is 60.8 Å². The van der Waals surface area contributed by atoms with E-state index < -0.39 is 5.97 Å². The molecule has 0 heterocycles. The fraction of sp³-hybridized carbons (Fsp3) is 0.382. The minimum absolute atomic E-state index is 0.0571. The number of alkyl halides is 1. The Hall–Kier alpha value is -6.18. The third-order valence-corrected chi connectivity index (χ3v) is 15.9. The van der Waals surface area contributed by atoms with Crippen LogP contribution in [0.3, 0.4) is 0 Å². The zero-order chi connectivity index (χ0) is 54.2. The summed E-state index contributed by atoms with van der Waals surface area (Å²) >= 11 is 3.55. The second-order valence-corrected chi connectivity index (χ2v) is 23.5. The van der Waals surface area contributed by atoms with Crippen molar-refractivity contribution in [2.24, 2.45) is 0 Å². The number of fused-ring (bicyclic) bond motifs is 2. The highest BCUT2D eigenvalue weighted by molar-refractivity contribution is 9.08. The molecule has 0 aliphatic heterocycles. The van der Waals surface area contributed by atoms with Gasteiger partial charge in [-0.25, -0.2) is 0 Å². The van der Waals surface area contributed by atoms with E-state index in [0.29, 0.717) is 30.5 Å². The molecule has 396 valence electrons. The fourth-order valence-corrected chi connectivity index (χ4v) is 10.6. The number of halogens is 1. The van der Waals surface area contributed by atoms with Gasteiger partial charge >= 0.3 is 11.9 Å². The highest BCUT2D eigenvalue weighted by Gasteiger charge is 2.38. The molecule has 2 aliphatic carbocycles. The average Bonchev–Trinajstić information content (AvgIpc) is 3.39. The van der Waals surface area contributed by atoms with Crippen LogP contribution in [0, 0.1) is 0 Å². The Morgan fingerprint density at radius 3 is 1.43 bits per heavy atom. The van der Waals surface area contributed by atoms with Gasteiger partial charge in [0.15, 0.2) is 0 Å². The molecule has 0 fully saturated rings. The van der Waals surface area contributed by atoms with E-state index in [1.807, 2.05) is 84.9 Å². The molecule has 0 bridgehead atoms. The van der Waals surface area contributed by atoms with E-state index in [9.17, 15) is 19.8 Å². The van der Waals surface area contributed by atoms with E-state index >= 15 is 0 Å². The van der Waals surface area contributed by atoms with E-state index in [1.54, 1.807) is 30.2 Å². The normalized spacial score (nSPS) is 16.5. The van der Waals surface area contributed by atoms with E-state index in [4.69, 9.17) is 9.47 Å². The minimum atomic E-state index is -0.803. The van der Waals surface area contributed by atoms with Crippen molar-refractivity contribution in [1.82, 2.24) is 0 Å². The molecular formula is C68H81BrO6. The first-order chi connectivity index (χ1) is 35.7. The van der Waals surface area contributed by atoms with Gasteiger partial charge in [-0.1, -0.05) is 217 Å². The van der Waals surface area contributed by atoms with Crippen molar-refractivity contribution in [2.45, 2.75) is 159 Å². The fourth-order valence-electron chi connectivity index (χ4n) is 10.3. The number of aliphatic carboxylic acids is 1. The number of benzene rings is 6. The second kappa shape index (κ2) is 26.5. The number of carbonyl (C=O) groups is 2. The molecule has 0 aromatic heterocycles. The predicted octanol–water partition coefficient (Wildman–Crippen LogP) is 17.1. The molecule has 6 aromatic rings. The van der Waals surface area contributed by atoms with Crippen molar-refractivity contribution in [2.75, 3.05) is 6.61 Å². The molecule has 0 saturated heterocycles. The minimum Gasteiger partial charge on any atom is -0.508 e. The maximum absolute atomic E-state index is 11.8. The summed E-state index contributed by atoms with van der Waals surface area (Å²) in [5.74, 6) is -0.238. The summed E-state index contributed by atoms with van der Waals surface area (Å²) in [5.41, 5.74) is 14.0. The molecular weight excluding hydrogens is 993 g/mol. The van der Waals surface area contributed by atoms with Gasteiger partial charge in [-0.05, 0) is 147 Å². The van der Waals surface area contributed by atoms with Crippen LogP contribution in [0.25, 0.3) is 0 Å². The number of carboxylic acids is 1. The molecule has 75 heavy (non-hydrogen) atoms. The van der Waals surface area contributed by atoms with Crippen LogP contribution in [-0.4, -0.2) is 28.8 Å². The predicted molar refractivity (Wildman–Crippen MR) is 313 cm³/mol. The van der Waals surface area contributed by atoms with Gasteiger partial charge in [-0.15, -0.1) is 0 Å². The summed E-state index contributed by atoms with van der Waals surface area (Å²) in [4.78, 5) is 23.3. The molecule has 0 saturated carbocycles. The third-order valence-electron chi connectivity index (χ3n) is 15.2. The van der Waals surface area contributed by atoms with Crippen molar-refractivity contribution in [3.05, 3.63) is 226 Å². The summed E-state index contributed by atoms with van der Waals surface area (Å²) in [5, 5.41) is 19.8. The van der Waals surface area contributed by atoms with Gasteiger partial charge in [0, 0.05) is 17.2 Å². The molecule has 2 atom stereocenters. The topological polar surface area (TPSA) is 93.1 Å². The number of hydrogen-bond donors (Lipinski definition) is 2. The van der Waals surface area contributed by atoms with Crippen LogP contribution in [0.2, 0.25) is 0 Å². The first-order valence-electron chi connectivity index (χ1n) is 26.8. The number of esters is 1. The zero-order valence-electron chi connectivity index (χ0n) is 46.0. The standard InChI is InChI=1S/C33H38O3.C20H22O3.C15H21Br/c1-32(2)19-20-33(3,4)30-21-25(13-18-29(30)32)23-36-28-16-14-26(15-17-28)27(22-31(34)35)12-8-11-24-9-6-5-7-10-24;1-2-23-20(22)15-18(17-11-13-19(21)14-12-17)10-6-9-16-7-4-3-5-8-16;1-14(2)7-8-15(3,4)13-9-11(10-16)5-6-12(13)14/h5-10,12-18,21,27H,11,19-20,22-23H2,1-4H3,(H,34,35);3-8,10-14,18,21H,2,9,15H2,1H3;5-6,9H,7-8,10H2,1-4H3/b12-8+;10-6+;/t27-;18-;/m00./s1. The average molecular weight is 1070 g/mol. The van der Waals surface area contributed by atoms with E-state index in [2.05, 4.69) is 144 Å². The number of aromatic hydroxyl groups is 1. The first-order valence-corrected chi connectivity index (χ1v) is 28.0. The smallest absolute Gasteiger partial charge is 0.306 e. The summed E-state index contributed by atoms with van der Waals surface area (Å²) in [6.07, 6.45) is 15.1. The molecule has 0 spiro atoms. The van der Waals surface area contributed by atoms with E-state index in [-0.39, 0.29) is 40.8 Å². The highest BCUT2D eigenvalue weighted by Crippen LogP contribution is 2.47. The highest BCUT2D eigenvalue weighted by atomic mass is 79.9. The third kappa shape index (κ3) is 16.9. The van der Waals surface area contributed by atoms with Crippen LogP contribution < -0.4 is 4.74 Å². The summed E-state index contributed by atoms with van der Waals surface area (Å²) in [7, 11) is 0. The van der Waals surface area contributed by atoms with E-state index in [1.165, 1.54) is 59.1 Å². The Morgan fingerprint density at radius 1 is 0.547 bits per heavy atom. The Kier molecular flexibility index (Phi) is 20.6. The van der Waals surface area contributed by atoms with Gasteiger partial charge < -0.3 is 19.7 Å². The zero-order valence-corrected chi connectivity index (χ0v) is 47.6. The molecule has 0 amide bonds. The van der Waals surface area contributed by atoms with Crippen molar-refractivity contribution in [1.29, 1.82) is 0 Å². The maximum Gasteiger partial charge on any atom is 0.306 e. The van der Waals surface area contributed by atoms with Crippen LogP contribution in [0.5, 0.6) is 11.5 Å². The lowest BCUT2D eigenvalue weighted by Gasteiger charge is -2.42. The lowest BCUT2D eigenvalue weighted by molar-refractivity contribution is -0.143. The number of phenolic OH excluding ortho intramolecular Hbond substituents is 1. The van der Waals surface area contributed by atoms with Crippen molar-refractivity contribution >= 4 is 27.9 Å². The summed E-state index contributed by atoms with van der Waals surface area (Å²) in [6.45, 7) is 21.5. The molecule has 0 unspecified atom stereocenters. The number of rotatable bonds is 17. The Balaban J connectivity index is 0.000000200. The van der Waals surface area contributed by atoms with Crippen LogP contribution in [0.15, 0.2) is 170 Å².